The molecule has 6 nitrogen and oxygen atoms in total. The largest absolute Gasteiger partial charge is 0.480 e. The highest BCUT2D eigenvalue weighted by Crippen LogP contribution is 2.08. The molecule has 2 N–H and O–H groups in total. The first kappa shape index (κ1) is 14.7. The zero-order chi connectivity index (χ0) is 14.4. The minimum Gasteiger partial charge on any atom is -0.480 e. The van der Waals surface area contributed by atoms with Gasteiger partial charge in [-0.25, -0.2) is 0 Å². The minimum atomic E-state index is -1.12. The normalized spacial score (nSPS) is 9.79. The summed E-state index contributed by atoms with van der Waals surface area (Å²) >= 11 is 0. The Morgan fingerprint density at radius 2 is 1.89 bits per heavy atom. The number of hydrogen-bond donors (Lipinski definition) is 2. The average Bonchev–Trinajstić information content (AvgIpc) is 2.43. The molecule has 2 amide bonds. The Balaban J connectivity index is 2.85. The molecule has 1 aromatic carbocycles. The van der Waals surface area contributed by atoms with Crippen molar-refractivity contribution in [3.63, 3.8) is 0 Å². The quantitative estimate of drug-likeness (QED) is 0.815. The van der Waals surface area contributed by atoms with Crippen LogP contribution in [0.5, 0.6) is 0 Å². The van der Waals surface area contributed by atoms with E-state index in [9.17, 15) is 14.4 Å². The predicted molar refractivity (Wildman–Crippen MR) is 69.0 cm³/mol. The van der Waals surface area contributed by atoms with Crippen LogP contribution in [0, 0.1) is 0 Å². The van der Waals surface area contributed by atoms with Crippen LogP contribution in [0.2, 0.25) is 0 Å². The molecule has 0 spiro atoms. The third-order valence-corrected chi connectivity index (χ3v) is 2.59. The fourth-order valence-corrected chi connectivity index (χ4v) is 1.42. The van der Waals surface area contributed by atoms with Crippen molar-refractivity contribution in [3.05, 3.63) is 35.4 Å². The van der Waals surface area contributed by atoms with E-state index in [0.717, 1.165) is 0 Å². The van der Waals surface area contributed by atoms with Gasteiger partial charge in [-0.05, 0) is 25.1 Å². The van der Waals surface area contributed by atoms with Gasteiger partial charge in [0.25, 0.3) is 11.8 Å². The van der Waals surface area contributed by atoms with Crippen molar-refractivity contribution >= 4 is 17.8 Å². The van der Waals surface area contributed by atoms with E-state index < -0.39 is 18.4 Å². The summed E-state index contributed by atoms with van der Waals surface area (Å²) in [5.74, 6) is -1.82. The second kappa shape index (κ2) is 6.53. The lowest BCUT2D eigenvalue weighted by Crippen LogP contribution is -2.30. The number of aliphatic carboxylic acids is 1. The number of nitrogens with zero attached hydrogens (tertiary/aromatic N) is 1. The Kier molecular flexibility index (Phi) is 5.05. The number of carbonyl (C=O) groups excluding carboxylic acids is 2. The first-order valence-corrected chi connectivity index (χ1v) is 5.81. The Bertz CT molecular complexity index is 499. The van der Waals surface area contributed by atoms with E-state index in [0.29, 0.717) is 12.1 Å². The molecule has 0 unspecified atom stereocenters. The van der Waals surface area contributed by atoms with Gasteiger partial charge in [-0.2, -0.15) is 0 Å². The monoisotopic (exact) mass is 264 g/mol. The summed E-state index contributed by atoms with van der Waals surface area (Å²) in [5, 5.41) is 10.7. The van der Waals surface area contributed by atoms with Gasteiger partial charge in [-0.1, -0.05) is 6.07 Å². The fraction of sp³-hybridized carbons (Fsp3) is 0.308. The molecule has 0 saturated heterocycles. The zero-order valence-corrected chi connectivity index (χ0v) is 10.8. The van der Waals surface area contributed by atoms with Crippen molar-refractivity contribution in [2.24, 2.45) is 0 Å². The lowest BCUT2D eigenvalue weighted by molar-refractivity contribution is -0.135. The molecular weight excluding hydrogens is 248 g/mol. The van der Waals surface area contributed by atoms with Gasteiger partial charge in [0.2, 0.25) is 0 Å². The van der Waals surface area contributed by atoms with Crippen LogP contribution in [0.15, 0.2) is 24.3 Å². The van der Waals surface area contributed by atoms with Crippen molar-refractivity contribution in [3.8, 4) is 0 Å². The van der Waals surface area contributed by atoms with Gasteiger partial charge in [0.1, 0.15) is 6.54 Å². The molecule has 1 aromatic rings. The highest BCUT2D eigenvalue weighted by atomic mass is 16.4. The standard InChI is InChI=1S/C13H16N2O4/c1-3-15(2)13(19)10-6-4-5-9(7-10)12(18)14-8-11(16)17/h4-7H,3,8H2,1-2H3,(H,14,18)(H,16,17). The molecule has 0 bridgehead atoms. The van der Waals surface area contributed by atoms with E-state index in [2.05, 4.69) is 5.32 Å². The van der Waals surface area contributed by atoms with E-state index in [1.807, 2.05) is 6.92 Å². The molecule has 0 saturated carbocycles. The van der Waals surface area contributed by atoms with Crippen LogP contribution >= 0.6 is 0 Å². The Morgan fingerprint density at radius 3 is 2.47 bits per heavy atom. The van der Waals surface area contributed by atoms with Crippen LogP contribution in [0.3, 0.4) is 0 Å². The van der Waals surface area contributed by atoms with Gasteiger partial charge in [0.05, 0.1) is 0 Å². The van der Waals surface area contributed by atoms with E-state index in [1.54, 1.807) is 19.2 Å². The SMILES string of the molecule is CCN(C)C(=O)c1cccc(C(=O)NCC(=O)O)c1. The number of rotatable bonds is 5. The van der Waals surface area contributed by atoms with E-state index in [1.165, 1.54) is 17.0 Å². The van der Waals surface area contributed by atoms with Crippen molar-refractivity contribution in [1.29, 1.82) is 0 Å². The number of amides is 2. The van der Waals surface area contributed by atoms with Gasteiger partial charge >= 0.3 is 5.97 Å². The maximum Gasteiger partial charge on any atom is 0.322 e. The molecule has 0 aliphatic rings. The summed E-state index contributed by atoms with van der Waals surface area (Å²) in [6.07, 6.45) is 0. The first-order chi connectivity index (χ1) is 8.95. The maximum absolute atomic E-state index is 11.9. The number of hydrogen-bond acceptors (Lipinski definition) is 3. The zero-order valence-electron chi connectivity index (χ0n) is 10.8. The molecule has 6 heteroatoms. The fourth-order valence-electron chi connectivity index (χ4n) is 1.42. The van der Waals surface area contributed by atoms with Crippen molar-refractivity contribution in [1.82, 2.24) is 10.2 Å². The average molecular weight is 264 g/mol. The first-order valence-electron chi connectivity index (χ1n) is 5.81. The van der Waals surface area contributed by atoms with E-state index in [-0.39, 0.29) is 11.5 Å². The second-order valence-electron chi connectivity index (χ2n) is 3.98. The summed E-state index contributed by atoms with van der Waals surface area (Å²) in [7, 11) is 1.67. The third-order valence-electron chi connectivity index (χ3n) is 2.59. The van der Waals surface area contributed by atoms with Crippen LogP contribution in [-0.2, 0) is 4.79 Å². The van der Waals surface area contributed by atoms with Crippen molar-refractivity contribution < 1.29 is 19.5 Å². The molecule has 0 radical (unpaired) electrons. The smallest absolute Gasteiger partial charge is 0.322 e. The Morgan fingerprint density at radius 1 is 1.26 bits per heavy atom. The number of nitrogens with one attached hydrogen (secondary N) is 1. The van der Waals surface area contributed by atoms with Gasteiger partial charge in [-0.15, -0.1) is 0 Å². The Labute approximate surface area is 111 Å². The van der Waals surface area contributed by atoms with Gasteiger partial charge < -0.3 is 15.3 Å². The number of carbonyl (C=O) groups is 3. The predicted octanol–water partition coefficient (Wildman–Crippen LogP) is 0.593. The molecule has 0 aliphatic heterocycles. The lowest BCUT2D eigenvalue weighted by Gasteiger charge is -2.14. The summed E-state index contributed by atoms with van der Waals surface area (Å²) < 4.78 is 0. The Hall–Kier alpha value is -2.37. The summed E-state index contributed by atoms with van der Waals surface area (Å²) in [6, 6.07) is 6.18. The number of carboxylic acids is 1. The van der Waals surface area contributed by atoms with Crippen LogP contribution in [0.1, 0.15) is 27.6 Å². The molecule has 1 rings (SSSR count). The summed E-state index contributed by atoms with van der Waals surface area (Å²) in [4.78, 5) is 35.5. The van der Waals surface area contributed by atoms with E-state index in [4.69, 9.17) is 5.11 Å². The highest BCUT2D eigenvalue weighted by molar-refractivity contribution is 6.00. The van der Waals surface area contributed by atoms with Crippen LogP contribution in [0.25, 0.3) is 0 Å². The highest BCUT2D eigenvalue weighted by Gasteiger charge is 2.13. The van der Waals surface area contributed by atoms with Crippen LogP contribution < -0.4 is 5.32 Å². The molecule has 102 valence electrons. The van der Waals surface area contributed by atoms with E-state index >= 15 is 0 Å². The van der Waals surface area contributed by atoms with Crippen molar-refractivity contribution in [2.45, 2.75) is 6.92 Å². The van der Waals surface area contributed by atoms with Gasteiger partial charge in [0.15, 0.2) is 0 Å². The third kappa shape index (κ3) is 4.09. The van der Waals surface area contributed by atoms with Gasteiger partial charge in [0, 0.05) is 24.7 Å². The molecule has 0 heterocycles. The maximum atomic E-state index is 11.9. The number of carboxylic acid groups (broad SMARTS) is 1. The van der Waals surface area contributed by atoms with Crippen LogP contribution in [-0.4, -0.2) is 47.9 Å². The molecule has 0 aliphatic carbocycles. The van der Waals surface area contributed by atoms with Crippen molar-refractivity contribution in [2.75, 3.05) is 20.1 Å². The summed E-state index contributed by atoms with van der Waals surface area (Å²) in [5.41, 5.74) is 0.656. The second-order valence-corrected chi connectivity index (χ2v) is 3.98. The molecule has 19 heavy (non-hydrogen) atoms. The minimum absolute atomic E-state index is 0.185. The number of benzene rings is 1. The molecule has 0 aromatic heterocycles. The van der Waals surface area contributed by atoms with Gasteiger partial charge in [-0.3, -0.25) is 14.4 Å². The molecular formula is C13H16N2O4. The molecule has 0 atom stereocenters. The lowest BCUT2D eigenvalue weighted by atomic mass is 10.1. The topological polar surface area (TPSA) is 86.7 Å². The van der Waals surface area contributed by atoms with Crippen LogP contribution in [0.4, 0.5) is 0 Å². The molecule has 0 fully saturated rings. The summed E-state index contributed by atoms with van der Waals surface area (Å²) in [6.45, 7) is 1.96.